The molecule has 146 valence electrons. The van der Waals surface area contributed by atoms with Crippen molar-refractivity contribution in [2.24, 2.45) is 0 Å². The zero-order valence-corrected chi connectivity index (χ0v) is 17.1. The molecule has 1 amide bonds. The van der Waals surface area contributed by atoms with Gasteiger partial charge in [-0.2, -0.15) is 0 Å². The van der Waals surface area contributed by atoms with Gasteiger partial charge in [-0.15, -0.1) is 11.3 Å². The predicted molar refractivity (Wildman–Crippen MR) is 117 cm³/mol. The standard InChI is InChI=1S/C23H21N3O2S/c1-16-20(18-11-7-4-8-12-18)21-22(29-16)24-15-26(23(21)28)14-19(27)25(2)13-17-9-5-3-6-10-17/h3-12,15H,13-14H2,1-2H3. The predicted octanol–water partition coefficient (Wildman–Crippen LogP) is 4.09. The van der Waals surface area contributed by atoms with Gasteiger partial charge in [0.05, 0.1) is 11.7 Å². The molecule has 2 aromatic heterocycles. The highest BCUT2D eigenvalue weighted by Crippen LogP contribution is 2.35. The Hall–Kier alpha value is -3.25. The van der Waals surface area contributed by atoms with Gasteiger partial charge in [-0.3, -0.25) is 14.2 Å². The van der Waals surface area contributed by atoms with E-state index in [9.17, 15) is 9.59 Å². The van der Waals surface area contributed by atoms with E-state index in [2.05, 4.69) is 4.98 Å². The quantitative estimate of drug-likeness (QED) is 0.504. The SMILES string of the molecule is Cc1sc2ncn(CC(=O)N(C)Cc3ccccc3)c(=O)c2c1-c1ccccc1. The molecule has 6 heteroatoms. The molecule has 0 aliphatic rings. The summed E-state index contributed by atoms with van der Waals surface area (Å²) in [7, 11) is 1.75. The van der Waals surface area contributed by atoms with Crippen molar-refractivity contribution in [1.82, 2.24) is 14.5 Å². The number of rotatable bonds is 5. The number of thiophene rings is 1. The van der Waals surface area contributed by atoms with Gasteiger partial charge < -0.3 is 4.90 Å². The maximum Gasteiger partial charge on any atom is 0.263 e. The fourth-order valence-electron chi connectivity index (χ4n) is 3.41. The first kappa shape index (κ1) is 19.1. The number of fused-ring (bicyclic) bond motifs is 1. The molecule has 4 rings (SSSR count). The summed E-state index contributed by atoms with van der Waals surface area (Å²) in [5.74, 6) is -0.134. The lowest BCUT2D eigenvalue weighted by atomic mass is 10.0. The van der Waals surface area contributed by atoms with E-state index in [4.69, 9.17) is 0 Å². The van der Waals surface area contributed by atoms with Gasteiger partial charge >= 0.3 is 0 Å². The third-order valence-electron chi connectivity index (χ3n) is 4.91. The summed E-state index contributed by atoms with van der Waals surface area (Å²) in [6, 6.07) is 19.6. The van der Waals surface area contributed by atoms with Crippen molar-refractivity contribution in [3.05, 3.63) is 87.8 Å². The minimum atomic E-state index is -0.181. The normalized spacial score (nSPS) is 11.0. The van der Waals surface area contributed by atoms with Crippen molar-refractivity contribution in [3.8, 4) is 11.1 Å². The van der Waals surface area contributed by atoms with E-state index in [0.29, 0.717) is 16.8 Å². The Bertz CT molecular complexity index is 1210. The lowest BCUT2D eigenvalue weighted by Gasteiger charge is -2.18. The molecule has 0 N–H and O–H groups in total. The second-order valence-electron chi connectivity index (χ2n) is 6.99. The number of hydrogen-bond acceptors (Lipinski definition) is 4. The lowest BCUT2D eigenvalue weighted by Crippen LogP contribution is -2.33. The molecule has 0 aliphatic heterocycles. The molecule has 0 spiro atoms. The third kappa shape index (κ3) is 3.84. The Balaban J connectivity index is 1.66. The Morgan fingerprint density at radius 2 is 1.72 bits per heavy atom. The zero-order valence-electron chi connectivity index (χ0n) is 16.3. The van der Waals surface area contributed by atoms with Gasteiger partial charge in [-0.25, -0.2) is 4.98 Å². The van der Waals surface area contributed by atoms with Gasteiger partial charge in [0.1, 0.15) is 11.4 Å². The maximum absolute atomic E-state index is 13.2. The van der Waals surface area contributed by atoms with Crippen LogP contribution >= 0.6 is 11.3 Å². The smallest absolute Gasteiger partial charge is 0.263 e. The van der Waals surface area contributed by atoms with Crippen LogP contribution in [0.2, 0.25) is 0 Å². The van der Waals surface area contributed by atoms with Crippen LogP contribution in [0.15, 0.2) is 71.8 Å². The highest BCUT2D eigenvalue weighted by molar-refractivity contribution is 7.19. The molecule has 4 aromatic rings. The molecule has 0 unspecified atom stereocenters. The van der Waals surface area contributed by atoms with Gasteiger partial charge in [0.15, 0.2) is 0 Å². The largest absolute Gasteiger partial charge is 0.340 e. The number of likely N-dealkylation sites (N-methyl/N-ethyl adjacent to an activating group) is 1. The Labute approximate surface area is 172 Å². The molecule has 0 radical (unpaired) electrons. The Kier molecular flexibility index (Phi) is 5.27. The average Bonchev–Trinajstić information content (AvgIpc) is 3.08. The van der Waals surface area contributed by atoms with E-state index in [-0.39, 0.29) is 18.0 Å². The number of carbonyl (C=O) groups is 1. The van der Waals surface area contributed by atoms with E-state index < -0.39 is 0 Å². The molecule has 0 saturated carbocycles. The van der Waals surface area contributed by atoms with Crippen LogP contribution < -0.4 is 5.56 Å². The van der Waals surface area contributed by atoms with Gasteiger partial charge in [0.25, 0.3) is 5.56 Å². The number of carbonyl (C=O) groups excluding carboxylic acids is 1. The fraction of sp³-hybridized carbons (Fsp3) is 0.174. The molecule has 0 fully saturated rings. The molecule has 0 bridgehead atoms. The molecule has 2 aromatic carbocycles. The van der Waals surface area contributed by atoms with Crippen molar-refractivity contribution < 1.29 is 4.79 Å². The summed E-state index contributed by atoms with van der Waals surface area (Å²) < 4.78 is 1.41. The van der Waals surface area contributed by atoms with Gasteiger partial charge in [-0.1, -0.05) is 60.7 Å². The number of amides is 1. The summed E-state index contributed by atoms with van der Waals surface area (Å²) in [5, 5.41) is 0.583. The average molecular weight is 404 g/mol. The van der Waals surface area contributed by atoms with Crippen molar-refractivity contribution >= 4 is 27.5 Å². The number of aromatic nitrogens is 2. The first-order chi connectivity index (χ1) is 14.0. The first-order valence-electron chi connectivity index (χ1n) is 9.36. The summed E-state index contributed by atoms with van der Waals surface area (Å²) >= 11 is 1.50. The lowest BCUT2D eigenvalue weighted by molar-refractivity contribution is -0.131. The van der Waals surface area contributed by atoms with Crippen molar-refractivity contribution in [1.29, 1.82) is 0 Å². The minimum absolute atomic E-state index is 0.0335. The Morgan fingerprint density at radius 3 is 2.41 bits per heavy atom. The maximum atomic E-state index is 13.2. The van der Waals surface area contributed by atoms with E-state index in [1.54, 1.807) is 11.9 Å². The topological polar surface area (TPSA) is 55.2 Å². The van der Waals surface area contributed by atoms with E-state index in [0.717, 1.165) is 21.6 Å². The van der Waals surface area contributed by atoms with Gasteiger partial charge in [0, 0.05) is 24.0 Å². The number of aryl methyl sites for hydroxylation is 1. The van der Waals surface area contributed by atoms with Crippen LogP contribution in [-0.4, -0.2) is 27.4 Å². The first-order valence-corrected chi connectivity index (χ1v) is 10.2. The van der Waals surface area contributed by atoms with Gasteiger partial charge in [-0.05, 0) is 18.1 Å². The number of benzene rings is 2. The van der Waals surface area contributed by atoms with Crippen LogP contribution in [0, 0.1) is 6.92 Å². The van der Waals surface area contributed by atoms with Crippen molar-refractivity contribution in [3.63, 3.8) is 0 Å². The summed E-state index contributed by atoms with van der Waals surface area (Å²) in [5.41, 5.74) is 2.76. The van der Waals surface area contributed by atoms with Crippen molar-refractivity contribution in [2.75, 3.05) is 7.05 Å². The minimum Gasteiger partial charge on any atom is -0.340 e. The molecule has 2 heterocycles. The molecule has 0 atom stereocenters. The zero-order chi connectivity index (χ0) is 20.4. The van der Waals surface area contributed by atoms with Crippen molar-refractivity contribution in [2.45, 2.75) is 20.0 Å². The van der Waals surface area contributed by atoms with Crippen LogP contribution in [0.5, 0.6) is 0 Å². The van der Waals surface area contributed by atoms with Crippen LogP contribution in [0.1, 0.15) is 10.4 Å². The summed E-state index contributed by atoms with van der Waals surface area (Å²) in [4.78, 5) is 33.7. The second-order valence-corrected chi connectivity index (χ2v) is 8.20. The molecule has 5 nitrogen and oxygen atoms in total. The third-order valence-corrected chi connectivity index (χ3v) is 5.92. The van der Waals surface area contributed by atoms with Crippen LogP contribution in [0.25, 0.3) is 21.3 Å². The van der Waals surface area contributed by atoms with Gasteiger partial charge in [0.2, 0.25) is 5.91 Å². The Morgan fingerprint density at radius 1 is 1.07 bits per heavy atom. The molecular formula is C23H21N3O2S. The molecule has 29 heavy (non-hydrogen) atoms. The second kappa shape index (κ2) is 8.01. The molecular weight excluding hydrogens is 382 g/mol. The monoisotopic (exact) mass is 403 g/mol. The fourth-order valence-corrected chi connectivity index (χ4v) is 4.42. The van der Waals surface area contributed by atoms with E-state index in [1.165, 1.54) is 22.2 Å². The van der Waals surface area contributed by atoms with E-state index >= 15 is 0 Å². The van der Waals surface area contributed by atoms with E-state index in [1.807, 2.05) is 67.6 Å². The summed E-state index contributed by atoms with van der Waals surface area (Å²) in [6.45, 7) is 2.46. The number of hydrogen-bond donors (Lipinski definition) is 0. The van der Waals surface area contributed by atoms with Crippen LogP contribution in [-0.2, 0) is 17.9 Å². The van der Waals surface area contributed by atoms with Crippen LogP contribution in [0.4, 0.5) is 0 Å². The van der Waals surface area contributed by atoms with Crippen LogP contribution in [0.3, 0.4) is 0 Å². The number of nitrogens with zero attached hydrogens (tertiary/aromatic N) is 3. The summed E-state index contributed by atoms with van der Waals surface area (Å²) in [6.07, 6.45) is 1.48. The highest BCUT2D eigenvalue weighted by atomic mass is 32.1. The molecule has 0 aliphatic carbocycles. The highest BCUT2D eigenvalue weighted by Gasteiger charge is 2.18. The molecule has 0 saturated heterocycles.